The molecule has 0 saturated heterocycles. The molecule has 3 aromatic rings. The summed E-state index contributed by atoms with van der Waals surface area (Å²) in [4.78, 5) is 0.241. The van der Waals surface area contributed by atoms with Crippen molar-refractivity contribution >= 4 is 44.6 Å². The third-order valence-electron chi connectivity index (χ3n) is 5.98. The molecule has 31 heavy (non-hydrogen) atoms. The predicted octanol–water partition coefficient (Wildman–Crippen LogP) is 6.62. The second-order valence-corrected chi connectivity index (χ2v) is 10.3. The molecule has 158 valence electrons. The highest BCUT2D eigenvalue weighted by Gasteiger charge is 2.40. The number of fused-ring (bicyclic) bond motifs is 3. The average molecular weight is 471 g/mol. The van der Waals surface area contributed by atoms with Crippen LogP contribution in [0.3, 0.4) is 0 Å². The Kier molecular flexibility index (Phi) is 5.21. The molecule has 1 aliphatic heterocycles. The standard InChI is InChI=1S/C24H20Cl2N2O2S/c25-20-10-5-11-21(26)23(20)24-18-9-4-8-17(18)19-14-16(12-13-22(19)27-24)31(29,30)28-15-6-2-1-3-7-15/h1-8,10-14,17-18,24,27-28H,9H2. The Hall–Kier alpha value is -2.47. The van der Waals surface area contributed by atoms with Crippen LogP contribution in [-0.4, -0.2) is 8.42 Å². The third kappa shape index (κ3) is 3.71. The summed E-state index contributed by atoms with van der Waals surface area (Å²) >= 11 is 13.0. The van der Waals surface area contributed by atoms with Gasteiger partial charge in [0.25, 0.3) is 10.0 Å². The van der Waals surface area contributed by atoms with Crippen molar-refractivity contribution in [3.8, 4) is 0 Å². The van der Waals surface area contributed by atoms with E-state index < -0.39 is 10.0 Å². The zero-order chi connectivity index (χ0) is 21.6. The number of hydrogen-bond donors (Lipinski definition) is 2. The van der Waals surface area contributed by atoms with E-state index in [0.717, 1.165) is 23.2 Å². The van der Waals surface area contributed by atoms with Crippen LogP contribution >= 0.6 is 23.2 Å². The molecular formula is C24H20Cl2N2O2S. The number of hydrogen-bond acceptors (Lipinski definition) is 3. The average Bonchev–Trinajstić information content (AvgIpc) is 3.24. The number of nitrogens with one attached hydrogen (secondary N) is 2. The Bertz CT molecular complexity index is 1260. The van der Waals surface area contributed by atoms with Gasteiger partial charge in [-0.05, 0) is 60.4 Å². The second-order valence-electron chi connectivity index (χ2n) is 7.83. The second kappa shape index (κ2) is 7.90. The lowest BCUT2D eigenvalue weighted by atomic mass is 9.77. The molecule has 0 spiro atoms. The molecule has 1 heterocycles. The largest absolute Gasteiger partial charge is 0.378 e. The molecule has 3 unspecified atom stereocenters. The zero-order valence-electron chi connectivity index (χ0n) is 16.4. The fourth-order valence-corrected chi connectivity index (χ4v) is 6.28. The van der Waals surface area contributed by atoms with E-state index in [4.69, 9.17) is 23.2 Å². The van der Waals surface area contributed by atoms with Crippen LogP contribution in [0.25, 0.3) is 0 Å². The van der Waals surface area contributed by atoms with Crippen LogP contribution in [0.2, 0.25) is 10.0 Å². The SMILES string of the molecule is O=S(=O)(Nc1ccccc1)c1ccc2c(c1)C1C=CCC1C(c1c(Cl)cccc1Cl)N2. The monoisotopic (exact) mass is 470 g/mol. The zero-order valence-corrected chi connectivity index (χ0v) is 18.8. The van der Waals surface area contributed by atoms with E-state index in [1.807, 2.05) is 30.3 Å². The van der Waals surface area contributed by atoms with Gasteiger partial charge in [-0.2, -0.15) is 0 Å². The van der Waals surface area contributed by atoms with Crippen molar-refractivity contribution in [2.45, 2.75) is 23.3 Å². The molecule has 0 amide bonds. The van der Waals surface area contributed by atoms with Crippen molar-refractivity contribution in [3.05, 3.63) is 100 Å². The van der Waals surface area contributed by atoms with Crippen LogP contribution in [0.1, 0.15) is 29.5 Å². The smallest absolute Gasteiger partial charge is 0.261 e. The minimum absolute atomic E-state index is 0.0569. The maximum absolute atomic E-state index is 13.0. The molecule has 2 aliphatic rings. The van der Waals surface area contributed by atoms with Crippen molar-refractivity contribution in [2.24, 2.45) is 5.92 Å². The molecule has 3 aromatic carbocycles. The predicted molar refractivity (Wildman–Crippen MR) is 127 cm³/mol. The first kappa shape index (κ1) is 20.4. The molecule has 5 rings (SSSR count). The number of allylic oxidation sites excluding steroid dienone is 2. The molecule has 0 bridgehead atoms. The van der Waals surface area contributed by atoms with E-state index in [0.29, 0.717) is 15.7 Å². The van der Waals surface area contributed by atoms with Crippen LogP contribution in [-0.2, 0) is 10.0 Å². The Labute approximate surface area is 192 Å². The van der Waals surface area contributed by atoms with E-state index in [1.54, 1.807) is 36.4 Å². The maximum atomic E-state index is 13.0. The summed E-state index contributed by atoms with van der Waals surface area (Å²) in [6, 6.07) is 19.6. The molecule has 0 aromatic heterocycles. The summed E-state index contributed by atoms with van der Waals surface area (Å²) in [5.74, 6) is 0.283. The molecule has 4 nitrogen and oxygen atoms in total. The summed E-state index contributed by atoms with van der Waals surface area (Å²) in [6.45, 7) is 0. The molecule has 2 N–H and O–H groups in total. The molecule has 0 saturated carbocycles. The van der Waals surface area contributed by atoms with Crippen LogP contribution in [0.5, 0.6) is 0 Å². The molecule has 3 atom stereocenters. The highest BCUT2D eigenvalue weighted by atomic mass is 35.5. The van der Waals surface area contributed by atoms with Crippen molar-refractivity contribution in [2.75, 3.05) is 10.0 Å². The van der Waals surface area contributed by atoms with E-state index in [9.17, 15) is 8.42 Å². The lowest BCUT2D eigenvalue weighted by molar-refractivity contribution is 0.425. The molecule has 0 fully saturated rings. The van der Waals surface area contributed by atoms with Crippen molar-refractivity contribution < 1.29 is 8.42 Å². The summed E-state index contributed by atoms with van der Waals surface area (Å²) < 4.78 is 28.6. The van der Waals surface area contributed by atoms with Gasteiger partial charge < -0.3 is 5.32 Å². The van der Waals surface area contributed by atoms with Gasteiger partial charge in [0.15, 0.2) is 0 Å². The number of para-hydroxylation sites is 1. The Morgan fingerprint density at radius 2 is 1.68 bits per heavy atom. The lowest BCUT2D eigenvalue weighted by Gasteiger charge is -2.38. The number of sulfonamides is 1. The highest BCUT2D eigenvalue weighted by Crippen LogP contribution is 2.52. The molecular weight excluding hydrogens is 451 g/mol. The number of anilines is 2. The van der Waals surface area contributed by atoms with E-state index in [2.05, 4.69) is 22.2 Å². The van der Waals surface area contributed by atoms with Gasteiger partial charge in [0.05, 0.1) is 10.9 Å². The first-order chi connectivity index (χ1) is 14.9. The Morgan fingerprint density at radius 1 is 0.935 bits per heavy atom. The van der Waals surface area contributed by atoms with Gasteiger partial charge >= 0.3 is 0 Å². The number of benzene rings is 3. The first-order valence-corrected chi connectivity index (χ1v) is 12.3. The van der Waals surface area contributed by atoms with Crippen molar-refractivity contribution in [1.82, 2.24) is 0 Å². The normalized spacial score (nSPS) is 21.8. The topological polar surface area (TPSA) is 58.2 Å². The van der Waals surface area contributed by atoms with Crippen LogP contribution in [0.15, 0.2) is 83.8 Å². The summed E-state index contributed by atoms with van der Waals surface area (Å²) in [5.41, 5.74) is 3.28. The summed E-state index contributed by atoms with van der Waals surface area (Å²) in [5, 5.41) is 4.83. The van der Waals surface area contributed by atoms with Crippen LogP contribution < -0.4 is 10.0 Å². The third-order valence-corrected chi connectivity index (χ3v) is 8.02. The quantitative estimate of drug-likeness (QED) is 0.421. The molecule has 7 heteroatoms. The van der Waals surface area contributed by atoms with E-state index in [1.165, 1.54) is 0 Å². The number of rotatable bonds is 4. The first-order valence-electron chi connectivity index (χ1n) is 10.0. The van der Waals surface area contributed by atoms with Crippen LogP contribution in [0, 0.1) is 5.92 Å². The maximum Gasteiger partial charge on any atom is 0.261 e. The summed E-state index contributed by atoms with van der Waals surface area (Å²) in [6.07, 6.45) is 5.17. The Balaban J connectivity index is 1.53. The highest BCUT2D eigenvalue weighted by molar-refractivity contribution is 7.92. The minimum Gasteiger partial charge on any atom is -0.378 e. The van der Waals surface area contributed by atoms with Gasteiger partial charge in [0, 0.05) is 32.9 Å². The van der Waals surface area contributed by atoms with Gasteiger partial charge in [0.1, 0.15) is 0 Å². The van der Waals surface area contributed by atoms with Gasteiger partial charge in [-0.3, -0.25) is 4.72 Å². The molecule has 0 radical (unpaired) electrons. The van der Waals surface area contributed by atoms with E-state index >= 15 is 0 Å². The number of halogens is 2. The lowest BCUT2D eigenvalue weighted by Crippen LogP contribution is -2.29. The summed E-state index contributed by atoms with van der Waals surface area (Å²) in [7, 11) is -3.70. The van der Waals surface area contributed by atoms with Gasteiger partial charge in [-0.15, -0.1) is 0 Å². The molecule has 1 aliphatic carbocycles. The van der Waals surface area contributed by atoms with Gasteiger partial charge in [0.2, 0.25) is 0 Å². The minimum atomic E-state index is -3.70. The van der Waals surface area contributed by atoms with E-state index in [-0.39, 0.29) is 22.8 Å². The van der Waals surface area contributed by atoms with Gasteiger partial charge in [-0.25, -0.2) is 8.42 Å². The Morgan fingerprint density at radius 3 is 2.42 bits per heavy atom. The van der Waals surface area contributed by atoms with Gasteiger partial charge in [-0.1, -0.05) is 59.6 Å². The van der Waals surface area contributed by atoms with Crippen molar-refractivity contribution in [1.29, 1.82) is 0 Å². The fraction of sp³-hybridized carbons (Fsp3) is 0.167. The fourth-order valence-electron chi connectivity index (χ4n) is 4.55. The van der Waals surface area contributed by atoms with Crippen LogP contribution in [0.4, 0.5) is 11.4 Å². The van der Waals surface area contributed by atoms with Crippen molar-refractivity contribution in [3.63, 3.8) is 0 Å².